The second-order valence-electron chi connectivity index (χ2n) is 5.75. The average Bonchev–Trinajstić information content (AvgIpc) is 2.63. The molecule has 0 spiro atoms. The molecule has 112 valence electrons. The monoisotopic (exact) mass is 291 g/mol. The lowest BCUT2D eigenvalue weighted by Crippen LogP contribution is -2.55. The van der Waals surface area contributed by atoms with E-state index in [9.17, 15) is 19.5 Å². The third-order valence-corrected chi connectivity index (χ3v) is 4.16. The molecule has 3 amide bonds. The van der Waals surface area contributed by atoms with Crippen LogP contribution in [0.15, 0.2) is 22.9 Å². The zero-order chi connectivity index (χ0) is 15.3. The number of imide groups is 1. The van der Waals surface area contributed by atoms with Crippen LogP contribution in [-0.4, -0.2) is 40.0 Å². The van der Waals surface area contributed by atoms with Gasteiger partial charge < -0.3 is 10.8 Å². The number of hydrogen-bond donors (Lipinski definition) is 3. The summed E-state index contributed by atoms with van der Waals surface area (Å²) in [6, 6.07) is -0.840. The van der Waals surface area contributed by atoms with Crippen molar-refractivity contribution in [1.29, 1.82) is 0 Å². The molecule has 2 heterocycles. The van der Waals surface area contributed by atoms with Crippen molar-refractivity contribution < 1.29 is 19.5 Å². The molecule has 3 unspecified atom stereocenters. The van der Waals surface area contributed by atoms with E-state index in [1.54, 1.807) is 6.08 Å². The van der Waals surface area contributed by atoms with Gasteiger partial charge in [-0.3, -0.25) is 24.6 Å². The Morgan fingerprint density at radius 3 is 2.76 bits per heavy atom. The second kappa shape index (κ2) is 4.70. The van der Waals surface area contributed by atoms with Crippen molar-refractivity contribution in [2.24, 2.45) is 11.7 Å². The van der Waals surface area contributed by atoms with Gasteiger partial charge in [0.2, 0.25) is 11.8 Å². The Hall–Kier alpha value is -2.15. The first-order valence-corrected chi connectivity index (χ1v) is 6.95. The highest BCUT2D eigenvalue weighted by Gasteiger charge is 2.48. The van der Waals surface area contributed by atoms with E-state index in [1.165, 1.54) is 0 Å². The topological polar surface area (TPSA) is 113 Å². The van der Waals surface area contributed by atoms with Gasteiger partial charge in [-0.25, -0.2) is 0 Å². The van der Waals surface area contributed by atoms with Gasteiger partial charge in [-0.1, -0.05) is 13.0 Å². The molecule has 2 aliphatic heterocycles. The average molecular weight is 291 g/mol. The van der Waals surface area contributed by atoms with Gasteiger partial charge in [0.05, 0.1) is 0 Å². The number of piperidine rings is 1. The number of hydrogen-bond acceptors (Lipinski definition) is 5. The number of nitrogens with two attached hydrogens (primary N) is 1. The lowest BCUT2D eigenvalue weighted by atomic mass is 9.90. The van der Waals surface area contributed by atoms with E-state index in [2.05, 4.69) is 5.32 Å². The molecule has 1 aliphatic carbocycles. The van der Waals surface area contributed by atoms with Gasteiger partial charge in [-0.2, -0.15) is 0 Å². The summed E-state index contributed by atoms with van der Waals surface area (Å²) in [5, 5.41) is 12.6. The van der Waals surface area contributed by atoms with Crippen molar-refractivity contribution in [2.75, 3.05) is 0 Å². The van der Waals surface area contributed by atoms with E-state index < -0.39 is 24.1 Å². The highest BCUT2D eigenvalue weighted by atomic mass is 16.3. The number of rotatable bonds is 1. The molecule has 21 heavy (non-hydrogen) atoms. The summed E-state index contributed by atoms with van der Waals surface area (Å²) in [5.74, 6) is -1.20. The number of nitrogens with one attached hydrogen (secondary N) is 1. The third-order valence-electron chi connectivity index (χ3n) is 4.16. The summed E-state index contributed by atoms with van der Waals surface area (Å²) in [6.45, 7) is 1.94. The van der Waals surface area contributed by atoms with Gasteiger partial charge in [0.25, 0.3) is 5.91 Å². The Labute approximate surface area is 121 Å². The highest BCUT2D eigenvalue weighted by molar-refractivity contribution is 6.07. The predicted octanol–water partition coefficient (Wildman–Crippen LogP) is -0.869. The molecular formula is C14H17N3O4. The van der Waals surface area contributed by atoms with Crippen LogP contribution >= 0.6 is 0 Å². The summed E-state index contributed by atoms with van der Waals surface area (Å²) in [4.78, 5) is 36.8. The summed E-state index contributed by atoms with van der Waals surface area (Å²) in [5.41, 5.74) is 7.22. The van der Waals surface area contributed by atoms with Crippen molar-refractivity contribution in [2.45, 2.75) is 38.5 Å². The van der Waals surface area contributed by atoms with Crippen LogP contribution in [0.2, 0.25) is 0 Å². The standard InChI is InChI=1S/C14H17N3O4/c1-6-4-7-11(8(15)5-6)14(21)17(13(7)20)9-2-3-10(18)16-12(9)19/h4,6,9,14,21H,2-3,5,15H2,1H3,(H,16,18,19). The molecule has 7 nitrogen and oxygen atoms in total. The molecule has 0 saturated carbocycles. The molecule has 2 saturated heterocycles. The van der Waals surface area contributed by atoms with Crippen LogP contribution in [-0.2, 0) is 14.4 Å². The molecule has 3 rings (SSSR count). The summed E-state index contributed by atoms with van der Waals surface area (Å²) in [6.07, 6.45) is 1.50. The summed E-state index contributed by atoms with van der Waals surface area (Å²) in [7, 11) is 0. The Kier molecular flexibility index (Phi) is 3.09. The molecule has 3 aliphatic rings. The number of aliphatic hydroxyl groups is 1. The van der Waals surface area contributed by atoms with Gasteiger partial charge >= 0.3 is 0 Å². The van der Waals surface area contributed by atoms with E-state index in [0.717, 1.165) is 4.90 Å². The Balaban J connectivity index is 1.97. The zero-order valence-corrected chi connectivity index (χ0v) is 11.6. The maximum absolute atomic E-state index is 12.5. The summed E-state index contributed by atoms with van der Waals surface area (Å²) >= 11 is 0. The maximum Gasteiger partial charge on any atom is 0.257 e. The molecule has 0 bridgehead atoms. The minimum Gasteiger partial charge on any atom is -0.402 e. The lowest BCUT2D eigenvalue weighted by Gasteiger charge is -2.31. The van der Waals surface area contributed by atoms with E-state index >= 15 is 0 Å². The Morgan fingerprint density at radius 2 is 2.10 bits per heavy atom. The number of aliphatic hydroxyl groups excluding tert-OH is 1. The quantitative estimate of drug-likeness (QED) is 0.544. The number of carbonyl (C=O) groups is 3. The minimum absolute atomic E-state index is 0.113. The number of fused-ring (bicyclic) bond motifs is 1. The SMILES string of the molecule is CC1C=C2C(=O)N(C3CCC(=O)NC3=O)C(O)C2=C(N)C1. The number of likely N-dealkylation sites (tertiary alicyclic amines) is 1. The van der Waals surface area contributed by atoms with Crippen LogP contribution < -0.4 is 11.1 Å². The van der Waals surface area contributed by atoms with Crippen LogP contribution in [0.4, 0.5) is 0 Å². The van der Waals surface area contributed by atoms with E-state index in [-0.39, 0.29) is 24.7 Å². The highest BCUT2D eigenvalue weighted by Crippen LogP contribution is 2.38. The first kappa shape index (κ1) is 13.8. The molecule has 0 aromatic heterocycles. The molecule has 2 fully saturated rings. The first-order chi connectivity index (χ1) is 9.90. The van der Waals surface area contributed by atoms with E-state index in [4.69, 9.17) is 5.73 Å². The number of carbonyl (C=O) groups excluding carboxylic acids is 3. The maximum atomic E-state index is 12.5. The summed E-state index contributed by atoms with van der Waals surface area (Å²) < 4.78 is 0. The predicted molar refractivity (Wildman–Crippen MR) is 72.1 cm³/mol. The van der Waals surface area contributed by atoms with Crippen LogP contribution in [0.25, 0.3) is 0 Å². The molecular weight excluding hydrogens is 274 g/mol. The van der Waals surface area contributed by atoms with Crippen LogP contribution in [0, 0.1) is 5.92 Å². The van der Waals surface area contributed by atoms with Crippen LogP contribution in [0.3, 0.4) is 0 Å². The largest absolute Gasteiger partial charge is 0.402 e. The molecule has 4 N–H and O–H groups in total. The lowest BCUT2D eigenvalue weighted by molar-refractivity contribution is -0.148. The fraction of sp³-hybridized carbons (Fsp3) is 0.500. The fourth-order valence-electron chi connectivity index (χ4n) is 3.20. The Morgan fingerprint density at radius 1 is 1.38 bits per heavy atom. The molecule has 3 atom stereocenters. The van der Waals surface area contributed by atoms with Gasteiger partial charge in [0, 0.05) is 23.3 Å². The van der Waals surface area contributed by atoms with Crippen molar-refractivity contribution in [3.8, 4) is 0 Å². The molecule has 7 heteroatoms. The van der Waals surface area contributed by atoms with Crippen LogP contribution in [0.1, 0.15) is 26.2 Å². The van der Waals surface area contributed by atoms with Gasteiger partial charge in [-0.05, 0) is 18.8 Å². The molecule has 0 aromatic rings. The minimum atomic E-state index is -1.22. The fourth-order valence-corrected chi connectivity index (χ4v) is 3.20. The van der Waals surface area contributed by atoms with E-state index in [0.29, 0.717) is 23.3 Å². The van der Waals surface area contributed by atoms with E-state index in [1.807, 2.05) is 6.92 Å². The normalized spacial score (nSPS) is 33.0. The van der Waals surface area contributed by atoms with Crippen LogP contribution in [0.5, 0.6) is 0 Å². The van der Waals surface area contributed by atoms with Crippen molar-refractivity contribution >= 4 is 17.7 Å². The van der Waals surface area contributed by atoms with Crippen molar-refractivity contribution in [1.82, 2.24) is 10.2 Å². The van der Waals surface area contributed by atoms with Crippen molar-refractivity contribution in [3.63, 3.8) is 0 Å². The number of nitrogens with zero attached hydrogens (tertiary/aromatic N) is 1. The Bertz CT molecular complexity index is 607. The van der Waals surface area contributed by atoms with Crippen molar-refractivity contribution in [3.05, 3.63) is 22.9 Å². The second-order valence-corrected chi connectivity index (χ2v) is 5.75. The molecule has 0 radical (unpaired) electrons. The number of amides is 3. The van der Waals surface area contributed by atoms with Gasteiger partial charge in [0.1, 0.15) is 6.04 Å². The number of allylic oxidation sites excluding steroid dienone is 2. The zero-order valence-electron chi connectivity index (χ0n) is 11.6. The smallest absolute Gasteiger partial charge is 0.257 e. The van der Waals surface area contributed by atoms with Gasteiger partial charge in [0.15, 0.2) is 6.23 Å². The first-order valence-electron chi connectivity index (χ1n) is 6.95. The van der Waals surface area contributed by atoms with Gasteiger partial charge in [-0.15, -0.1) is 0 Å². The third kappa shape index (κ3) is 2.04. The molecule has 0 aromatic carbocycles.